The third-order valence-corrected chi connectivity index (χ3v) is 6.22. The van der Waals surface area contributed by atoms with Gasteiger partial charge in [-0.1, -0.05) is 19.3 Å². The maximum atomic E-state index is 12.6. The van der Waals surface area contributed by atoms with E-state index in [0.29, 0.717) is 31.9 Å². The number of pyridine rings is 1. The van der Waals surface area contributed by atoms with Crippen LogP contribution in [0.1, 0.15) is 42.6 Å². The van der Waals surface area contributed by atoms with E-state index in [2.05, 4.69) is 4.98 Å². The molecule has 0 radical (unpaired) electrons. The molecule has 2 heterocycles. The number of amides is 2. The normalized spacial score (nSPS) is 26.7. The molecule has 6 heteroatoms. The summed E-state index contributed by atoms with van der Waals surface area (Å²) < 4.78 is 0. The van der Waals surface area contributed by atoms with Crippen molar-refractivity contribution in [2.45, 2.75) is 32.1 Å². The van der Waals surface area contributed by atoms with Gasteiger partial charge in [-0.3, -0.25) is 14.4 Å². The minimum atomic E-state index is -0.179. The molecular weight excluding hydrogens is 318 g/mol. The molecule has 2 amide bonds. The van der Waals surface area contributed by atoms with Crippen LogP contribution in [0.15, 0.2) is 23.1 Å². The highest BCUT2D eigenvalue weighted by Crippen LogP contribution is 2.47. The predicted octanol–water partition coefficient (Wildman–Crippen LogP) is 1.49. The van der Waals surface area contributed by atoms with Crippen LogP contribution in [0.5, 0.6) is 0 Å². The average molecular weight is 343 g/mol. The Labute approximate surface area is 147 Å². The van der Waals surface area contributed by atoms with Gasteiger partial charge in [-0.15, -0.1) is 0 Å². The monoisotopic (exact) mass is 343 g/mol. The van der Waals surface area contributed by atoms with Crippen LogP contribution < -0.4 is 5.43 Å². The van der Waals surface area contributed by atoms with Crippen LogP contribution in [-0.2, 0) is 4.79 Å². The molecule has 0 atom stereocenters. The Morgan fingerprint density at radius 2 is 1.68 bits per heavy atom. The van der Waals surface area contributed by atoms with Gasteiger partial charge < -0.3 is 14.8 Å². The number of carbonyl (C=O) groups is 2. The average Bonchev–Trinajstić information content (AvgIpc) is 2.55. The Hall–Kier alpha value is -2.11. The lowest BCUT2D eigenvalue weighted by molar-refractivity contribution is -0.142. The van der Waals surface area contributed by atoms with E-state index in [4.69, 9.17) is 0 Å². The minimum Gasteiger partial charge on any atom is -0.357 e. The van der Waals surface area contributed by atoms with Gasteiger partial charge in [-0.25, -0.2) is 0 Å². The van der Waals surface area contributed by atoms with E-state index in [0.717, 1.165) is 24.7 Å². The number of piperazine rings is 1. The van der Waals surface area contributed by atoms with E-state index in [1.807, 2.05) is 4.90 Å². The molecular formula is C19H25N3O3. The smallest absolute Gasteiger partial charge is 0.270 e. The number of aromatic nitrogens is 1. The summed E-state index contributed by atoms with van der Waals surface area (Å²) in [6, 6.07) is 2.72. The predicted molar refractivity (Wildman–Crippen MR) is 93.1 cm³/mol. The van der Waals surface area contributed by atoms with Crippen LogP contribution in [0.3, 0.4) is 0 Å². The van der Waals surface area contributed by atoms with Crippen molar-refractivity contribution in [3.63, 3.8) is 0 Å². The number of hydrogen-bond donors (Lipinski definition) is 1. The second kappa shape index (κ2) is 6.65. The van der Waals surface area contributed by atoms with Gasteiger partial charge >= 0.3 is 0 Å². The lowest BCUT2D eigenvalue weighted by Crippen LogP contribution is -2.53. The summed E-state index contributed by atoms with van der Waals surface area (Å²) in [6.45, 7) is 2.24. The summed E-state index contributed by atoms with van der Waals surface area (Å²) in [4.78, 5) is 42.9. The van der Waals surface area contributed by atoms with Gasteiger partial charge in [0.25, 0.3) is 5.91 Å². The van der Waals surface area contributed by atoms with Gasteiger partial charge in [0.05, 0.1) is 0 Å². The van der Waals surface area contributed by atoms with Gasteiger partial charge in [0.2, 0.25) is 5.91 Å². The second-order valence-corrected chi connectivity index (χ2v) is 7.67. The summed E-state index contributed by atoms with van der Waals surface area (Å²) in [5.74, 6) is 1.97. The van der Waals surface area contributed by atoms with E-state index in [-0.39, 0.29) is 23.2 Å². The second-order valence-electron chi connectivity index (χ2n) is 7.67. The fourth-order valence-corrected chi connectivity index (χ4v) is 4.29. The number of carbonyl (C=O) groups excluding carboxylic acids is 2. The zero-order valence-electron chi connectivity index (χ0n) is 14.4. The SMILES string of the molecule is O=C(c1cc(=O)cc[nH]1)N1CCN(C(=O)C2CC(C3CCC3)C2)CC1. The van der Waals surface area contributed by atoms with Crippen LogP contribution >= 0.6 is 0 Å². The van der Waals surface area contributed by atoms with Crippen molar-refractivity contribution in [2.24, 2.45) is 17.8 Å². The lowest BCUT2D eigenvalue weighted by Gasteiger charge is -2.46. The highest BCUT2D eigenvalue weighted by atomic mass is 16.2. The van der Waals surface area contributed by atoms with Crippen molar-refractivity contribution in [2.75, 3.05) is 26.2 Å². The van der Waals surface area contributed by atoms with E-state index in [1.54, 1.807) is 4.90 Å². The Morgan fingerprint density at radius 3 is 2.28 bits per heavy atom. The number of rotatable bonds is 3. The molecule has 2 saturated carbocycles. The molecule has 0 aromatic carbocycles. The molecule has 134 valence electrons. The van der Waals surface area contributed by atoms with E-state index in [9.17, 15) is 14.4 Å². The molecule has 2 aliphatic carbocycles. The molecule has 0 bridgehead atoms. The fourth-order valence-electron chi connectivity index (χ4n) is 4.29. The maximum Gasteiger partial charge on any atom is 0.270 e. The summed E-state index contributed by atoms with van der Waals surface area (Å²) in [6.07, 6.45) is 7.69. The first-order valence-corrected chi connectivity index (χ1v) is 9.38. The van der Waals surface area contributed by atoms with Crippen molar-refractivity contribution >= 4 is 11.8 Å². The maximum absolute atomic E-state index is 12.6. The molecule has 3 fully saturated rings. The molecule has 1 N–H and O–H groups in total. The molecule has 1 aliphatic heterocycles. The Balaban J connectivity index is 1.27. The zero-order valence-corrected chi connectivity index (χ0v) is 14.4. The molecule has 1 saturated heterocycles. The molecule has 25 heavy (non-hydrogen) atoms. The highest BCUT2D eigenvalue weighted by Gasteiger charge is 2.42. The van der Waals surface area contributed by atoms with Gasteiger partial charge in [0.15, 0.2) is 5.43 Å². The largest absolute Gasteiger partial charge is 0.357 e. The van der Waals surface area contributed by atoms with Gasteiger partial charge in [0, 0.05) is 50.4 Å². The van der Waals surface area contributed by atoms with Crippen molar-refractivity contribution < 1.29 is 9.59 Å². The van der Waals surface area contributed by atoms with Gasteiger partial charge in [-0.2, -0.15) is 0 Å². The lowest BCUT2D eigenvalue weighted by atomic mass is 9.62. The first-order chi connectivity index (χ1) is 12.1. The van der Waals surface area contributed by atoms with Gasteiger partial charge in [-0.05, 0) is 24.7 Å². The molecule has 0 spiro atoms. The quantitative estimate of drug-likeness (QED) is 0.903. The van der Waals surface area contributed by atoms with Crippen LogP contribution in [0, 0.1) is 17.8 Å². The number of H-pyrrole nitrogens is 1. The van der Waals surface area contributed by atoms with Crippen molar-refractivity contribution in [3.05, 3.63) is 34.2 Å². The molecule has 1 aromatic rings. The van der Waals surface area contributed by atoms with E-state index in [1.165, 1.54) is 37.6 Å². The third kappa shape index (κ3) is 3.22. The van der Waals surface area contributed by atoms with Crippen molar-refractivity contribution in [1.82, 2.24) is 14.8 Å². The topological polar surface area (TPSA) is 73.5 Å². The third-order valence-electron chi connectivity index (χ3n) is 6.22. The standard InChI is InChI=1S/C19H25N3O3/c23-16-4-5-20-17(12-16)19(25)22-8-6-21(7-9-22)18(24)15-10-14(11-15)13-2-1-3-13/h4-5,12-15H,1-3,6-11H2,(H,20,23). The van der Waals surface area contributed by atoms with Crippen LogP contribution in [0.25, 0.3) is 0 Å². The molecule has 1 aromatic heterocycles. The van der Waals surface area contributed by atoms with Gasteiger partial charge in [0.1, 0.15) is 5.69 Å². The van der Waals surface area contributed by atoms with Crippen LogP contribution in [0.4, 0.5) is 0 Å². The Kier molecular flexibility index (Phi) is 4.36. The molecule has 6 nitrogen and oxygen atoms in total. The summed E-state index contributed by atoms with van der Waals surface area (Å²) in [5.41, 5.74) is 0.136. The summed E-state index contributed by atoms with van der Waals surface area (Å²) >= 11 is 0. The minimum absolute atomic E-state index is 0.168. The zero-order chi connectivity index (χ0) is 17.4. The Morgan fingerprint density at radius 1 is 1.00 bits per heavy atom. The van der Waals surface area contributed by atoms with E-state index < -0.39 is 0 Å². The fraction of sp³-hybridized carbons (Fsp3) is 0.632. The summed E-state index contributed by atoms with van der Waals surface area (Å²) in [5, 5.41) is 0. The van der Waals surface area contributed by atoms with Crippen LogP contribution in [-0.4, -0.2) is 52.8 Å². The number of nitrogens with one attached hydrogen (secondary N) is 1. The molecule has 0 unspecified atom stereocenters. The number of aromatic amines is 1. The van der Waals surface area contributed by atoms with E-state index >= 15 is 0 Å². The highest BCUT2D eigenvalue weighted by molar-refractivity contribution is 5.92. The number of hydrogen-bond acceptors (Lipinski definition) is 3. The number of nitrogens with zero attached hydrogens (tertiary/aromatic N) is 2. The van der Waals surface area contributed by atoms with Crippen LogP contribution in [0.2, 0.25) is 0 Å². The van der Waals surface area contributed by atoms with Crippen molar-refractivity contribution in [3.8, 4) is 0 Å². The first-order valence-electron chi connectivity index (χ1n) is 9.38. The Bertz CT molecular complexity index is 711. The first kappa shape index (κ1) is 16.4. The molecule has 4 rings (SSSR count). The summed E-state index contributed by atoms with van der Waals surface area (Å²) in [7, 11) is 0. The molecule has 3 aliphatic rings. The van der Waals surface area contributed by atoms with Crippen molar-refractivity contribution in [1.29, 1.82) is 0 Å².